The number of hydrogen-bond acceptors (Lipinski definition) is 6. The minimum atomic E-state index is -0.665. The second-order valence-corrected chi connectivity index (χ2v) is 5.40. The quantitative estimate of drug-likeness (QED) is 0.853. The lowest BCUT2D eigenvalue weighted by Crippen LogP contribution is -2.30. The fraction of sp³-hybridized carbons (Fsp3) is 0.286. The van der Waals surface area contributed by atoms with Crippen molar-refractivity contribution in [2.24, 2.45) is 0 Å². The predicted molar refractivity (Wildman–Crippen MR) is 77.9 cm³/mol. The van der Waals surface area contributed by atoms with Gasteiger partial charge in [0.05, 0.1) is 17.9 Å². The van der Waals surface area contributed by atoms with Gasteiger partial charge in [-0.05, 0) is 25.3 Å². The number of nitrogens with zero attached hydrogens (tertiary/aromatic N) is 2. The van der Waals surface area contributed by atoms with Gasteiger partial charge in [0.1, 0.15) is 0 Å². The van der Waals surface area contributed by atoms with Crippen LogP contribution in [0.5, 0.6) is 0 Å². The van der Waals surface area contributed by atoms with E-state index in [0.717, 1.165) is 4.88 Å². The molecule has 0 unspecified atom stereocenters. The number of aromatic nitrogens is 2. The molecule has 2 rings (SSSR count). The summed E-state index contributed by atoms with van der Waals surface area (Å²) >= 11 is 1.55. The zero-order valence-corrected chi connectivity index (χ0v) is 12.5. The van der Waals surface area contributed by atoms with Crippen molar-refractivity contribution in [2.45, 2.75) is 19.9 Å². The fourth-order valence-corrected chi connectivity index (χ4v) is 2.33. The molecule has 0 saturated carbocycles. The number of rotatable bonds is 5. The molecule has 0 spiro atoms. The number of ether oxygens (including phenoxy) is 1. The summed E-state index contributed by atoms with van der Waals surface area (Å²) in [5, 5.41) is 4.70. The van der Waals surface area contributed by atoms with Crippen LogP contribution < -0.4 is 5.32 Å². The number of carbonyl (C=O) groups excluding carboxylic acids is 2. The molecule has 0 aliphatic heterocycles. The van der Waals surface area contributed by atoms with Gasteiger partial charge in [-0.15, -0.1) is 11.3 Å². The Morgan fingerprint density at radius 2 is 2.19 bits per heavy atom. The molecule has 2 aromatic rings. The number of amides is 1. The normalized spacial score (nSPS) is 11.7. The maximum absolute atomic E-state index is 11.7. The third kappa shape index (κ3) is 4.35. The highest BCUT2D eigenvalue weighted by atomic mass is 32.1. The lowest BCUT2D eigenvalue weighted by Gasteiger charge is -2.12. The van der Waals surface area contributed by atoms with Gasteiger partial charge in [-0.3, -0.25) is 9.78 Å². The highest BCUT2D eigenvalue weighted by Crippen LogP contribution is 2.17. The predicted octanol–water partition coefficient (Wildman–Crippen LogP) is 1.88. The Labute approximate surface area is 126 Å². The minimum Gasteiger partial charge on any atom is -0.451 e. The maximum atomic E-state index is 11.7. The van der Waals surface area contributed by atoms with E-state index in [1.807, 2.05) is 24.4 Å². The minimum absolute atomic E-state index is 0.0831. The Bertz CT molecular complexity index is 611. The highest BCUT2D eigenvalue weighted by Gasteiger charge is 2.14. The van der Waals surface area contributed by atoms with Gasteiger partial charge in [0.25, 0.3) is 5.91 Å². The van der Waals surface area contributed by atoms with E-state index in [4.69, 9.17) is 4.74 Å². The number of esters is 1. The molecule has 0 aromatic carbocycles. The molecule has 1 atom stereocenters. The summed E-state index contributed by atoms with van der Waals surface area (Å²) in [6.45, 7) is 3.29. The Hall–Kier alpha value is -2.28. The summed E-state index contributed by atoms with van der Waals surface area (Å²) < 4.78 is 4.90. The molecule has 110 valence electrons. The molecular weight excluding hydrogens is 290 g/mol. The molecule has 0 bridgehead atoms. The third-order valence-corrected chi connectivity index (χ3v) is 3.73. The molecule has 1 N–H and O–H groups in total. The zero-order chi connectivity index (χ0) is 15.2. The number of nitrogens with one attached hydrogen (secondary N) is 1. The molecule has 0 aliphatic rings. The number of carbonyl (C=O) groups is 2. The Kier molecular flexibility index (Phi) is 4.99. The van der Waals surface area contributed by atoms with Gasteiger partial charge in [-0.2, -0.15) is 0 Å². The summed E-state index contributed by atoms with van der Waals surface area (Å²) in [5.41, 5.74) is 0.786. The van der Waals surface area contributed by atoms with Crippen LogP contribution in [0.15, 0.2) is 29.9 Å². The van der Waals surface area contributed by atoms with Crippen LogP contribution in [0, 0.1) is 6.92 Å². The van der Waals surface area contributed by atoms with E-state index >= 15 is 0 Å². The standard InChI is InChI=1S/C14H15N3O3S/c1-9-6-16-11(7-15-9)14(19)20-8-13(18)17-10(2)12-4-3-5-21-12/h3-7,10H,8H2,1-2H3,(H,17,18)/t10-/m0/s1. The first-order chi connectivity index (χ1) is 10.1. The van der Waals surface area contributed by atoms with Gasteiger partial charge in [0.15, 0.2) is 12.3 Å². The third-order valence-electron chi connectivity index (χ3n) is 2.67. The number of hydrogen-bond donors (Lipinski definition) is 1. The highest BCUT2D eigenvalue weighted by molar-refractivity contribution is 7.10. The Balaban J connectivity index is 1.81. The number of aryl methyl sites for hydroxylation is 1. The first-order valence-corrected chi connectivity index (χ1v) is 7.23. The lowest BCUT2D eigenvalue weighted by atomic mass is 10.3. The van der Waals surface area contributed by atoms with E-state index in [-0.39, 0.29) is 24.2 Å². The van der Waals surface area contributed by atoms with Crippen LogP contribution in [0.3, 0.4) is 0 Å². The molecular formula is C14H15N3O3S. The van der Waals surface area contributed by atoms with Crippen molar-refractivity contribution in [3.63, 3.8) is 0 Å². The smallest absolute Gasteiger partial charge is 0.359 e. The first-order valence-electron chi connectivity index (χ1n) is 6.35. The van der Waals surface area contributed by atoms with Crippen molar-refractivity contribution in [2.75, 3.05) is 6.61 Å². The van der Waals surface area contributed by atoms with Crippen LogP contribution in [-0.2, 0) is 9.53 Å². The summed E-state index contributed by atoms with van der Waals surface area (Å²) in [4.78, 5) is 32.3. The van der Waals surface area contributed by atoms with Crippen LogP contribution in [-0.4, -0.2) is 28.5 Å². The summed E-state index contributed by atoms with van der Waals surface area (Å²) in [6, 6.07) is 3.73. The van der Waals surface area contributed by atoms with E-state index in [0.29, 0.717) is 5.69 Å². The van der Waals surface area contributed by atoms with Crippen molar-refractivity contribution in [3.8, 4) is 0 Å². The van der Waals surface area contributed by atoms with Gasteiger partial charge in [-0.1, -0.05) is 6.07 Å². The van der Waals surface area contributed by atoms with Crippen molar-refractivity contribution < 1.29 is 14.3 Å². The monoisotopic (exact) mass is 305 g/mol. The second-order valence-electron chi connectivity index (χ2n) is 4.42. The van der Waals surface area contributed by atoms with Crippen LogP contribution >= 0.6 is 11.3 Å². The molecule has 0 aliphatic carbocycles. The van der Waals surface area contributed by atoms with Crippen molar-refractivity contribution in [1.29, 1.82) is 0 Å². The Morgan fingerprint density at radius 1 is 1.38 bits per heavy atom. The summed E-state index contributed by atoms with van der Waals surface area (Å²) in [7, 11) is 0. The molecule has 0 radical (unpaired) electrons. The van der Waals surface area contributed by atoms with E-state index < -0.39 is 5.97 Å². The number of thiophene rings is 1. The van der Waals surface area contributed by atoms with Crippen molar-refractivity contribution in [1.82, 2.24) is 15.3 Å². The Morgan fingerprint density at radius 3 is 2.81 bits per heavy atom. The van der Waals surface area contributed by atoms with E-state index in [9.17, 15) is 9.59 Å². The molecule has 0 fully saturated rings. The molecule has 7 heteroatoms. The van der Waals surface area contributed by atoms with Crippen LogP contribution in [0.2, 0.25) is 0 Å². The molecule has 2 heterocycles. The van der Waals surface area contributed by atoms with Gasteiger partial charge in [-0.25, -0.2) is 9.78 Å². The van der Waals surface area contributed by atoms with Crippen LogP contribution in [0.1, 0.15) is 34.0 Å². The van der Waals surface area contributed by atoms with Crippen LogP contribution in [0.4, 0.5) is 0 Å². The van der Waals surface area contributed by atoms with E-state index in [1.54, 1.807) is 18.3 Å². The van der Waals surface area contributed by atoms with Gasteiger partial charge < -0.3 is 10.1 Å². The fourth-order valence-electron chi connectivity index (χ4n) is 1.59. The van der Waals surface area contributed by atoms with E-state index in [2.05, 4.69) is 15.3 Å². The SMILES string of the molecule is Cc1cnc(C(=O)OCC(=O)N[C@@H](C)c2cccs2)cn1. The average molecular weight is 305 g/mol. The summed E-state index contributed by atoms with van der Waals surface area (Å²) in [5.74, 6) is -1.02. The molecule has 0 saturated heterocycles. The zero-order valence-electron chi connectivity index (χ0n) is 11.7. The van der Waals surface area contributed by atoms with Gasteiger partial charge in [0.2, 0.25) is 0 Å². The average Bonchev–Trinajstić information content (AvgIpc) is 3.00. The molecule has 2 aromatic heterocycles. The van der Waals surface area contributed by atoms with E-state index in [1.165, 1.54) is 12.4 Å². The van der Waals surface area contributed by atoms with Crippen molar-refractivity contribution >= 4 is 23.2 Å². The summed E-state index contributed by atoms with van der Waals surface area (Å²) in [6.07, 6.45) is 2.79. The first kappa shape index (κ1) is 15.1. The molecule has 6 nitrogen and oxygen atoms in total. The van der Waals surface area contributed by atoms with Crippen molar-refractivity contribution in [3.05, 3.63) is 46.2 Å². The van der Waals surface area contributed by atoms with Gasteiger partial charge >= 0.3 is 5.97 Å². The second kappa shape index (κ2) is 6.94. The largest absolute Gasteiger partial charge is 0.451 e. The van der Waals surface area contributed by atoms with Crippen LogP contribution in [0.25, 0.3) is 0 Å². The topological polar surface area (TPSA) is 81.2 Å². The molecule has 21 heavy (non-hydrogen) atoms. The maximum Gasteiger partial charge on any atom is 0.359 e. The lowest BCUT2D eigenvalue weighted by molar-refractivity contribution is -0.124. The molecule has 1 amide bonds. The van der Waals surface area contributed by atoms with Gasteiger partial charge in [0, 0.05) is 11.1 Å².